The molecule has 2 aromatic rings. The van der Waals surface area contributed by atoms with E-state index in [1.807, 2.05) is 31.2 Å². The van der Waals surface area contributed by atoms with E-state index in [1.165, 1.54) is 6.33 Å². The summed E-state index contributed by atoms with van der Waals surface area (Å²) in [7, 11) is 0. The monoisotopic (exact) mass is 264 g/mol. The van der Waals surface area contributed by atoms with E-state index in [1.54, 1.807) is 0 Å². The summed E-state index contributed by atoms with van der Waals surface area (Å²) in [6, 6.07) is 7.53. The molecule has 18 heavy (non-hydrogen) atoms. The van der Waals surface area contributed by atoms with Crippen molar-refractivity contribution in [2.45, 2.75) is 6.92 Å². The predicted molar refractivity (Wildman–Crippen MR) is 72.3 cm³/mol. The first-order chi connectivity index (χ1) is 8.72. The summed E-state index contributed by atoms with van der Waals surface area (Å²) < 4.78 is 5.50. The molecule has 6 heteroatoms. The van der Waals surface area contributed by atoms with E-state index in [0.717, 1.165) is 11.4 Å². The fourth-order valence-electron chi connectivity index (χ4n) is 1.45. The molecule has 0 radical (unpaired) electrons. The number of nitrogen functional groups attached to an aromatic ring is 1. The van der Waals surface area contributed by atoms with Gasteiger partial charge in [-0.2, -0.15) is 0 Å². The Morgan fingerprint density at radius 2 is 2.11 bits per heavy atom. The van der Waals surface area contributed by atoms with Gasteiger partial charge in [0, 0.05) is 0 Å². The standard InChI is InChI=1S/C12H13ClN4O/c1-2-18-9-6-4-3-5-8(9)17-12-10(14)11(13)15-7-16-12/h3-7H,2,14H2,1H3,(H,15,16,17). The molecule has 0 aliphatic heterocycles. The van der Waals surface area contributed by atoms with Crippen molar-refractivity contribution >= 4 is 28.8 Å². The highest BCUT2D eigenvalue weighted by Gasteiger charge is 2.08. The molecule has 5 nitrogen and oxygen atoms in total. The number of hydrogen-bond acceptors (Lipinski definition) is 5. The SMILES string of the molecule is CCOc1ccccc1Nc1ncnc(Cl)c1N. The summed E-state index contributed by atoms with van der Waals surface area (Å²) in [4.78, 5) is 7.85. The molecule has 0 atom stereocenters. The number of para-hydroxylation sites is 2. The van der Waals surface area contributed by atoms with E-state index < -0.39 is 0 Å². The Balaban J connectivity index is 2.31. The van der Waals surface area contributed by atoms with Crippen LogP contribution in [0.4, 0.5) is 17.2 Å². The molecule has 2 rings (SSSR count). The average molecular weight is 265 g/mol. The van der Waals surface area contributed by atoms with Crippen LogP contribution in [0, 0.1) is 0 Å². The number of anilines is 3. The summed E-state index contributed by atoms with van der Waals surface area (Å²) in [6.45, 7) is 2.51. The summed E-state index contributed by atoms with van der Waals surface area (Å²) in [5.74, 6) is 1.19. The second-order valence-electron chi connectivity index (χ2n) is 3.48. The number of nitrogens with two attached hydrogens (primary N) is 1. The zero-order valence-corrected chi connectivity index (χ0v) is 10.6. The van der Waals surface area contributed by atoms with Gasteiger partial charge in [0.05, 0.1) is 12.3 Å². The molecule has 0 fully saturated rings. The third-order valence-corrected chi connectivity index (χ3v) is 2.58. The Labute approximate surface area is 110 Å². The van der Waals surface area contributed by atoms with Crippen molar-refractivity contribution in [2.75, 3.05) is 17.7 Å². The number of nitrogens with zero attached hydrogens (tertiary/aromatic N) is 2. The number of halogens is 1. The first-order valence-electron chi connectivity index (χ1n) is 5.47. The molecule has 0 bridgehead atoms. The van der Waals surface area contributed by atoms with Gasteiger partial charge in [-0.15, -0.1) is 0 Å². The molecule has 1 heterocycles. The van der Waals surface area contributed by atoms with Crippen LogP contribution in [0.15, 0.2) is 30.6 Å². The van der Waals surface area contributed by atoms with Gasteiger partial charge in [0.15, 0.2) is 11.0 Å². The van der Waals surface area contributed by atoms with Crippen molar-refractivity contribution in [1.29, 1.82) is 0 Å². The first kappa shape index (κ1) is 12.4. The van der Waals surface area contributed by atoms with E-state index in [-0.39, 0.29) is 5.15 Å². The molecule has 3 N–H and O–H groups in total. The quantitative estimate of drug-likeness (QED) is 0.831. The van der Waals surface area contributed by atoms with Crippen LogP contribution in [0.25, 0.3) is 0 Å². The van der Waals surface area contributed by atoms with E-state index in [2.05, 4.69) is 15.3 Å². The third-order valence-electron chi connectivity index (χ3n) is 2.28. The molecule has 0 aliphatic carbocycles. The molecule has 0 saturated carbocycles. The number of rotatable bonds is 4. The van der Waals surface area contributed by atoms with E-state index in [4.69, 9.17) is 22.1 Å². The van der Waals surface area contributed by atoms with Crippen LogP contribution in [-0.4, -0.2) is 16.6 Å². The lowest BCUT2D eigenvalue weighted by Gasteiger charge is -2.12. The fraction of sp³-hybridized carbons (Fsp3) is 0.167. The maximum absolute atomic E-state index is 5.83. The summed E-state index contributed by atoms with van der Waals surface area (Å²) in [6.07, 6.45) is 1.35. The van der Waals surface area contributed by atoms with Crippen LogP contribution in [-0.2, 0) is 0 Å². The fourth-order valence-corrected chi connectivity index (χ4v) is 1.59. The average Bonchev–Trinajstić information content (AvgIpc) is 2.37. The molecule has 94 valence electrons. The number of hydrogen-bond donors (Lipinski definition) is 2. The highest BCUT2D eigenvalue weighted by Crippen LogP contribution is 2.30. The van der Waals surface area contributed by atoms with Crippen LogP contribution in [0.5, 0.6) is 5.75 Å². The zero-order chi connectivity index (χ0) is 13.0. The van der Waals surface area contributed by atoms with Crippen molar-refractivity contribution < 1.29 is 4.74 Å². The minimum absolute atomic E-state index is 0.224. The van der Waals surface area contributed by atoms with Gasteiger partial charge in [0.2, 0.25) is 0 Å². The summed E-state index contributed by atoms with van der Waals surface area (Å²) in [5, 5.41) is 3.30. The second kappa shape index (κ2) is 5.55. The predicted octanol–water partition coefficient (Wildman–Crippen LogP) is 2.85. The van der Waals surface area contributed by atoms with Crippen molar-refractivity contribution in [3.63, 3.8) is 0 Å². The summed E-state index contributed by atoms with van der Waals surface area (Å²) >= 11 is 5.83. The molecule has 0 amide bonds. The first-order valence-corrected chi connectivity index (χ1v) is 5.85. The molecular formula is C12H13ClN4O. The molecular weight excluding hydrogens is 252 g/mol. The number of ether oxygens (including phenoxy) is 1. The Kier molecular flexibility index (Phi) is 3.84. The second-order valence-corrected chi connectivity index (χ2v) is 3.84. The van der Waals surface area contributed by atoms with Gasteiger partial charge in [0.25, 0.3) is 0 Å². The van der Waals surface area contributed by atoms with Crippen molar-refractivity contribution in [3.05, 3.63) is 35.7 Å². The molecule has 0 spiro atoms. The zero-order valence-electron chi connectivity index (χ0n) is 9.85. The lowest BCUT2D eigenvalue weighted by Crippen LogP contribution is -2.03. The Morgan fingerprint density at radius 1 is 1.33 bits per heavy atom. The maximum Gasteiger partial charge on any atom is 0.158 e. The van der Waals surface area contributed by atoms with Gasteiger partial charge < -0.3 is 15.8 Å². The topological polar surface area (TPSA) is 73.1 Å². The largest absolute Gasteiger partial charge is 0.492 e. The molecule has 0 aliphatic rings. The third kappa shape index (κ3) is 2.62. The van der Waals surface area contributed by atoms with Crippen LogP contribution >= 0.6 is 11.6 Å². The summed E-state index contributed by atoms with van der Waals surface area (Å²) in [5.41, 5.74) is 6.88. The molecule has 1 aromatic carbocycles. The Hall–Kier alpha value is -2.01. The molecule has 0 unspecified atom stereocenters. The maximum atomic E-state index is 5.83. The number of benzene rings is 1. The van der Waals surface area contributed by atoms with E-state index in [9.17, 15) is 0 Å². The smallest absolute Gasteiger partial charge is 0.158 e. The lowest BCUT2D eigenvalue weighted by atomic mass is 10.3. The van der Waals surface area contributed by atoms with Crippen molar-refractivity contribution in [2.24, 2.45) is 0 Å². The van der Waals surface area contributed by atoms with Crippen molar-refractivity contribution in [1.82, 2.24) is 9.97 Å². The van der Waals surface area contributed by atoms with Gasteiger partial charge in [-0.05, 0) is 19.1 Å². The van der Waals surface area contributed by atoms with Crippen molar-refractivity contribution in [3.8, 4) is 5.75 Å². The normalized spacial score (nSPS) is 10.1. The minimum atomic E-state index is 0.224. The number of nitrogens with one attached hydrogen (secondary N) is 1. The molecule has 1 aromatic heterocycles. The van der Waals surface area contributed by atoms with E-state index >= 15 is 0 Å². The Bertz CT molecular complexity index is 547. The van der Waals surface area contributed by atoms with Crippen LogP contribution in [0.3, 0.4) is 0 Å². The Morgan fingerprint density at radius 3 is 2.89 bits per heavy atom. The van der Waals surface area contributed by atoms with Gasteiger partial charge >= 0.3 is 0 Å². The highest BCUT2D eigenvalue weighted by molar-refractivity contribution is 6.32. The lowest BCUT2D eigenvalue weighted by molar-refractivity contribution is 0.342. The van der Waals surface area contributed by atoms with Gasteiger partial charge in [-0.25, -0.2) is 9.97 Å². The van der Waals surface area contributed by atoms with Gasteiger partial charge in [0.1, 0.15) is 17.8 Å². The number of aromatic nitrogens is 2. The van der Waals surface area contributed by atoms with Gasteiger partial charge in [-0.3, -0.25) is 0 Å². The molecule has 0 saturated heterocycles. The van der Waals surface area contributed by atoms with Crippen LogP contribution in [0.1, 0.15) is 6.92 Å². The van der Waals surface area contributed by atoms with Crippen LogP contribution < -0.4 is 15.8 Å². The van der Waals surface area contributed by atoms with E-state index in [0.29, 0.717) is 18.1 Å². The minimum Gasteiger partial charge on any atom is -0.492 e. The van der Waals surface area contributed by atoms with Gasteiger partial charge in [-0.1, -0.05) is 23.7 Å². The van der Waals surface area contributed by atoms with Crippen LogP contribution in [0.2, 0.25) is 5.15 Å². The highest BCUT2D eigenvalue weighted by atomic mass is 35.5.